The predicted molar refractivity (Wildman–Crippen MR) is 118 cm³/mol. The van der Waals surface area contributed by atoms with E-state index in [4.69, 9.17) is 4.74 Å². The Hall–Kier alpha value is -4.73. The van der Waals surface area contributed by atoms with Crippen molar-refractivity contribution in [3.05, 3.63) is 71.8 Å². The lowest BCUT2D eigenvalue weighted by atomic mass is 10.1. The van der Waals surface area contributed by atoms with Crippen molar-refractivity contribution in [3.8, 4) is 23.0 Å². The molecule has 0 fully saturated rings. The van der Waals surface area contributed by atoms with Crippen molar-refractivity contribution >= 4 is 29.3 Å². The Labute approximate surface area is 188 Å². The monoisotopic (exact) mass is 452 g/mol. The molecule has 0 aliphatic heterocycles. The number of rotatable bonds is 6. The first-order valence-corrected chi connectivity index (χ1v) is 9.69. The molecule has 3 aromatic rings. The smallest absolute Gasteiger partial charge is 0.504 e. The van der Waals surface area contributed by atoms with E-state index in [-0.39, 0.29) is 34.9 Å². The zero-order chi connectivity index (χ0) is 24.0. The summed E-state index contributed by atoms with van der Waals surface area (Å²) in [6, 6.07) is 14.2. The molecular weight excluding hydrogens is 432 g/mol. The van der Waals surface area contributed by atoms with E-state index in [1.807, 2.05) is 0 Å². The van der Waals surface area contributed by atoms with Gasteiger partial charge < -0.3 is 35.4 Å². The first-order valence-electron chi connectivity index (χ1n) is 9.69. The molecule has 0 atom stereocenters. The van der Waals surface area contributed by atoms with Crippen LogP contribution in [-0.4, -0.2) is 39.9 Å². The minimum absolute atomic E-state index is 0.110. The number of phenolic OH excluding ortho intramolecular Hbond substituents is 3. The molecule has 10 heteroatoms. The highest BCUT2D eigenvalue weighted by Gasteiger charge is 2.16. The number of phenols is 3. The fourth-order valence-corrected chi connectivity index (χ4v) is 2.74. The quantitative estimate of drug-likeness (QED) is 0.215. The van der Waals surface area contributed by atoms with Gasteiger partial charge in [-0.3, -0.25) is 9.59 Å². The van der Waals surface area contributed by atoms with Crippen molar-refractivity contribution in [3.63, 3.8) is 0 Å². The van der Waals surface area contributed by atoms with Gasteiger partial charge in [0.25, 0.3) is 11.8 Å². The Bertz CT molecular complexity index is 1170. The molecule has 2 amide bonds. The maximum absolute atomic E-state index is 12.6. The molecule has 0 aliphatic carbocycles. The lowest BCUT2D eigenvalue weighted by Gasteiger charge is -2.13. The van der Waals surface area contributed by atoms with E-state index in [1.54, 1.807) is 31.2 Å². The van der Waals surface area contributed by atoms with Crippen molar-refractivity contribution in [2.24, 2.45) is 0 Å². The van der Waals surface area contributed by atoms with Crippen LogP contribution in [0.15, 0.2) is 60.7 Å². The average molecular weight is 452 g/mol. The number of para-hydroxylation sites is 2. The van der Waals surface area contributed by atoms with Crippen LogP contribution in [0.5, 0.6) is 23.0 Å². The molecule has 5 N–H and O–H groups in total. The Kier molecular flexibility index (Phi) is 6.99. The number of amides is 2. The molecule has 10 nitrogen and oxygen atoms in total. The third-order valence-corrected chi connectivity index (χ3v) is 4.34. The van der Waals surface area contributed by atoms with Crippen LogP contribution in [0, 0.1) is 0 Å². The summed E-state index contributed by atoms with van der Waals surface area (Å²) in [4.78, 5) is 36.5. The van der Waals surface area contributed by atoms with Crippen molar-refractivity contribution in [2.75, 3.05) is 17.2 Å². The number of carbonyl (C=O) groups is 3. The highest BCUT2D eigenvalue weighted by Crippen LogP contribution is 2.35. The second kappa shape index (κ2) is 10.1. The Morgan fingerprint density at radius 2 is 1.30 bits per heavy atom. The van der Waals surface area contributed by atoms with Gasteiger partial charge in [0.1, 0.15) is 5.75 Å². The molecule has 33 heavy (non-hydrogen) atoms. The SMILES string of the molecule is CCOC(=O)Oc1ccc(C(=O)Nc2ccccc2NC(=O)c2cc(O)c(O)c(O)c2)cc1. The van der Waals surface area contributed by atoms with Crippen LogP contribution in [0.3, 0.4) is 0 Å². The third kappa shape index (κ3) is 5.70. The number of carbonyl (C=O) groups excluding carboxylic acids is 3. The summed E-state index contributed by atoms with van der Waals surface area (Å²) in [5.74, 6) is -3.02. The van der Waals surface area contributed by atoms with Crippen LogP contribution in [0.1, 0.15) is 27.6 Å². The van der Waals surface area contributed by atoms with Crippen LogP contribution in [0.25, 0.3) is 0 Å². The van der Waals surface area contributed by atoms with E-state index in [1.165, 1.54) is 24.3 Å². The van der Waals surface area contributed by atoms with Crippen LogP contribution >= 0.6 is 0 Å². The minimum Gasteiger partial charge on any atom is -0.504 e. The van der Waals surface area contributed by atoms with Gasteiger partial charge in [-0.2, -0.15) is 0 Å². The number of nitrogens with one attached hydrogen (secondary N) is 2. The largest absolute Gasteiger partial charge is 0.513 e. The summed E-state index contributed by atoms with van der Waals surface area (Å²) < 4.78 is 9.63. The summed E-state index contributed by atoms with van der Waals surface area (Å²) in [7, 11) is 0. The normalized spacial score (nSPS) is 10.2. The van der Waals surface area contributed by atoms with E-state index in [9.17, 15) is 29.7 Å². The summed E-state index contributed by atoms with van der Waals surface area (Å²) in [5.41, 5.74) is 0.696. The van der Waals surface area contributed by atoms with Crippen molar-refractivity contribution in [1.82, 2.24) is 0 Å². The number of anilines is 2. The summed E-state index contributed by atoms with van der Waals surface area (Å²) in [6.45, 7) is 1.82. The van der Waals surface area contributed by atoms with Gasteiger partial charge in [0, 0.05) is 11.1 Å². The van der Waals surface area contributed by atoms with Gasteiger partial charge in [0.05, 0.1) is 18.0 Å². The maximum atomic E-state index is 12.6. The van der Waals surface area contributed by atoms with Crippen molar-refractivity contribution in [2.45, 2.75) is 6.92 Å². The highest BCUT2D eigenvalue weighted by atomic mass is 16.7. The number of hydrogen-bond acceptors (Lipinski definition) is 8. The molecule has 170 valence electrons. The number of aromatic hydroxyl groups is 3. The molecule has 0 heterocycles. The highest BCUT2D eigenvalue weighted by molar-refractivity contribution is 6.10. The topological polar surface area (TPSA) is 154 Å². The zero-order valence-corrected chi connectivity index (χ0v) is 17.4. The zero-order valence-electron chi connectivity index (χ0n) is 17.4. The van der Waals surface area contributed by atoms with Crippen molar-refractivity contribution < 1.29 is 39.2 Å². The second-order valence-electron chi connectivity index (χ2n) is 6.63. The van der Waals surface area contributed by atoms with Crippen LogP contribution in [0.4, 0.5) is 16.2 Å². The summed E-state index contributed by atoms with van der Waals surface area (Å²) in [5, 5.41) is 33.9. The van der Waals surface area contributed by atoms with Gasteiger partial charge in [-0.1, -0.05) is 12.1 Å². The van der Waals surface area contributed by atoms with Crippen LogP contribution < -0.4 is 15.4 Å². The minimum atomic E-state index is -0.852. The molecule has 3 rings (SSSR count). The number of hydrogen-bond donors (Lipinski definition) is 5. The van der Waals surface area contributed by atoms with E-state index in [0.717, 1.165) is 12.1 Å². The van der Waals surface area contributed by atoms with Gasteiger partial charge in [-0.15, -0.1) is 0 Å². The fraction of sp³-hybridized carbons (Fsp3) is 0.0870. The molecule has 0 radical (unpaired) electrons. The Morgan fingerprint density at radius 3 is 1.82 bits per heavy atom. The van der Waals surface area contributed by atoms with Gasteiger partial charge in [0.2, 0.25) is 0 Å². The number of benzene rings is 3. The van der Waals surface area contributed by atoms with Crippen LogP contribution in [0.2, 0.25) is 0 Å². The van der Waals surface area contributed by atoms with E-state index in [2.05, 4.69) is 15.4 Å². The van der Waals surface area contributed by atoms with Gasteiger partial charge in [0.15, 0.2) is 17.2 Å². The van der Waals surface area contributed by atoms with Gasteiger partial charge in [-0.25, -0.2) is 4.79 Å². The van der Waals surface area contributed by atoms with E-state index in [0.29, 0.717) is 0 Å². The molecule has 0 aliphatic rings. The first-order chi connectivity index (χ1) is 15.8. The standard InChI is InChI=1S/C23H20N2O8/c1-2-32-23(31)33-15-9-7-13(8-10-15)21(29)24-16-5-3-4-6-17(16)25-22(30)14-11-18(26)20(28)19(27)12-14/h3-12,26-28H,2H2,1H3,(H,24,29)(H,25,30). The number of ether oxygens (including phenoxy) is 2. The third-order valence-electron chi connectivity index (χ3n) is 4.34. The van der Waals surface area contributed by atoms with E-state index < -0.39 is 35.2 Å². The Morgan fingerprint density at radius 1 is 0.788 bits per heavy atom. The molecular formula is C23H20N2O8. The maximum Gasteiger partial charge on any atom is 0.513 e. The average Bonchev–Trinajstić information content (AvgIpc) is 2.79. The molecule has 0 aromatic heterocycles. The second-order valence-corrected chi connectivity index (χ2v) is 6.63. The first kappa shape index (κ1) is 22.9. The van der Waals surface area contributed by atoms with E-state index >= 15 is 0 Å². The molecule has 3 aromatic carbocycles. The van der Waals surface area contributed by atoms with Crippen molar-refractivity contribution in [1.29, 1.82) is 0 Å². The molecule has 0 saturated carbocycles. The van der Waals surface area contributed by atoms with Crippen LogP contribution in [-0.2, 0) is 4.74 Å². The predicted octanol–water partition coefficient (Wildman–Crippen LogP) is 3.84. The van der Waals surface area contributed by atoms with Gasteiger partial charge >= 0.3 is 6.16 Å². The molecule has 0 saturated heterocycles. The summed E-state index contributed by atoms with van der Waals surface area (Å²) in [6.07, 6.45) is -0.852. The molecule has 0 bridgehead atoms. The lowest BCUT2D eigenvalue weighted by Crippen LogP contribution is -2.17. The fourth-order valence-electron chi connectivity index (χ4n) is 2.74. The lowest BCUT2D eigenvalue weighted by molar-refractivity contribution is 0.101. The molecule has 0 unspecified atom stereocenters. The van der Waals surface area contributed by atoms with Gasteiger partial charge in [-0.05, 0) is 55.5 Å². The Balaban J connectivity index is 1.72. The summed E-state index contributed by atoms with van der Waals surface area (Å²) >= 11 is 0. The molecule has 0 spiro atoms.